The molecular formula is C68H96N2Si8. The van der Waals surface area contributed by atoms with Gasteiger partial charge in [-0.15, -0.1) is 0 Å². The third kappa shape index (κ3) is 12.7. The topological polar surface area (TPSA) is 6.48 Å². The van der Waals surface area contributed by atoms with Crippen molar-refractivity contribution in [1.29, 1.82) is 0 Å². The van der Waals surface area contributed by atoms with Gasteiger partial charge >= 0.3 is 0 Å². The van der Waals surface area contributed by atoms with E-state index >= 15 is 0 Å². The van der Waals surface area contributed by atoms with Gasteiger partial charge in [0, 0.05) is 44.3 Å². The first-order valence-electron chi connectivity index (χ1n) is 29.0. The van der Waals surface area contributed by atoms with E-state index < -0.39 is 64.6 Å². The Morgan fingerprint density at radius 3 is 0.692 bits per heavy atom. The monoisotopic (exact) mass is 1160 g/mol. The second kappa shape index (κ2) is 20.9. The van der Waals surface area contributed by atoms with Gasteiger partial charge in [-0.3, -0.25) is 0 Å². The molecule has 0 saturated carbocycles. The number of hydrogen-bond donors (Lipinski definition) is 0. The van der Waals surface area contributed by atoms with Crippen molar-refractivity contribution in [2.75, 3.05) is 9.80 Å². The van der Waals surface area contributed by atoms with Gasteiger partial charge in [0.2, 0.25) is 0 Å². The van der Waals surface area contributed by atoms with Crippen LogP contribution in [0.15, 0.2) is 146 Å². The van der Waals surface area contributed by atoms with Gasteiger partial charge in [-0.05, 0) is 65.7 Å². The minimum Gasteiger partial charge on any atom is -0.309 e. The lowest BCUT2D eigenvalue weighted by atomic mass is 9.92. The van der Waals surface area contributed by atoms with Crippen LogP contribution in [0.3, 0.4) is 0 Å². The summed E-state index contributed by atoms with van der Waals surface area (Å²) in [5.41, 5.74) is 10.1. The molecule has 0 amide bonds. The predicted molar refractivity (Wildman–Crippen MR) is 380 cm³/mol. The van der Waals surface area contributed by atoms with Crippen molar-refractivity contribution in [3.63, 3.8) is 0 Å². The summed E-state index contributed by atoms with van der Waals surface area (Å²) in [6, 6.07) is 59.6. The van der Waals surface area contributed by atoms with Gasteiger partial charge in [-0.1, -0.05) is 290 Å². The van der Waals surface area contributed by atoms with Gasteiger partial charge in [0.15, 0.2) is 0 Å². The second-order valence-corrected chi connectivity index (χ2v) is 71.7. The lowest BCUT2D eigenvalue weighted by molar-refractivity contribution is 1.30. The lowest BCUT2D eigenvalue weighted by Gasteiger charge is -2.36. The average Bonchev–Trinajstić information content (AvgIpc) is 3.53. The van der Waals surface area contributed by atoms with E-state index in [0.29, 0.717) is 0 Å². The number of nitrogens with zero attached hydrogens (tertiary/aromatic N) is 2. The smallest absolute Gasteiger partial charge is 0.0776 e. The summed E-state index contributed by atoms with van der Waals surface area (Å²) >= 11 is 0. The third-order valence-corrected chi connectivity index (χ3v) is 32.3. The molecule has 10 heteroatoms. The van der Waals surface area contributed by atoms with Crippen LogP contribution in [-0.4, -0.2) is 64.6 Å². The fourth-order valence-electron chi connectivity index (χ4n) is 10.7. The third-order valence-electron chi connectivity index (χ3n) is 16.2. The molecule has 0 radical (unpaired) electrons. The summed E-state index contributed by atoms with van der Waals surface area (Å²) < 4.78 is 0. The van der Waals surface area contributed by atoms with Crippen molar-refractivity contribution in [2.45, 2.75) is 157 Å². The van der Waals surface area contributed by atoms with Crippen LogP contribution < -0.4 is 51.3 Å². The van der Waals surface area contributed by atoms with Crippen LogP contribution in [0.25, 0.3) is 32.7 Å². The fourth-order valence-corrected chi connectivity index (χ4v) is 20.6. The highest BCUT2D eigenvalue weighted by atomic mass is 28.3. The van der Waals surface area contributed by atoms with Gasteiger partial charge < -0.3 is 9.80 Å². The molecule has 0 fully saturated rings. The molecule has 8 aromatic rings. The van der Waals surface area contributed by atoms with E-state index in [-0.39, 0.29) is 0 Å². The van der Waals surface area contributed by atoms with Gasteiger partial charge in [0.05, 0.1) is 76.0 Å². The maximum absolute atomic E-state index is 2.78. The number of fused-ring (bicyclic) bond motifs is 2. The molecule has 0 saturated heterocycles. The van der Waals surface area contributed by atoms with Crippen molar-refractivity contribution < 1.29 is 0 Å². The Morgan fingerprint density at radius 2 is 0.436 bits per heavy atom. The van der Waals surface area contributed by atoms with E-state index in [1.54, 1.807) is 0 Å². The number of hydrogen-bond acceptors (Lipinski definition) is 2. The Morgan fingerprint density at radius 1 is 0.205 bits per heavy atom. The minimum atomic E-state index is -1.82. The molecule has 0 spiro atoms. The molecule has 410 valence electrons. The molecule has 78 heavy (non-hydrogen) atoms. The average molecular weight is 1170 g/mol. The van der Waals surface area contributed by atoms with Crippen molar-refractivity contribution in [3.05, 3.63) is 146 Å². The Labute approximate surface area is 481 Å². The molecule has 0 unspecified atom stereocenters. The molecule has 8 aromatic carbocycles. The van der Waals surface area contributed by atoms with Crippen molar-refractivity contribution in [3.8, 4) is 11.1 Å². The van der Waals surface area contributed by atoms with Crippen LogP contribution in [-0.2, 0) is 0 Å². The molecule has 8 rings (SSSR count). The first kappa shape index (κ1) is 59.7. The van der Waals surface area contributed by atoms with E-state index in [0.717, 1.165) is 0 Å². The summed E-state index contributed by atoms with van der Waals surface area (Å²) in [7, 11) is -14.5. The van der Waals surface area contributed by atoms with Gasteiger partial charge in [-0.2, -0.15) is 0 Å². The zero-order valence-corrected chi connectivity index (χ0v) is 60.8. The van der Waals surface area contributed by atoms with Crippen molar-refractivity contribution in [1.82, 2.24) is 0 Å². The molecule has 0 atom stereocenters. The van der Waals surface area contributed by atoms with Crippen molar-refractivity contribution >= 4 is 162 Å². The summed E-state index contributed by atoms with van der Waals surface area (Å²) in [5.74, 6) is 0. The predicted octanol–water partition coefficient (Wildman–Crippen LogP) is 17.0. The Bertz CT molecular complexity index is 3260. The summed E-state index contributed by atoms with van der Waals surface area (Å²) in [4.78, 5) is 5.55. The largest absolute Gasteiger partial charge is 0.309 e. The second-order valence-electron chi connectivity index (χ2n) is 31.1. The first-order valence-corrected chi connectivity index (χ1v) is 57.0. The summed E-state index contributed by atoms with van der Waals surface area (Å²) in [6.07, 6.45) is 0. The fraction of sp³-hybridized carbons (Fsp3) is 0.353. The molecule has 0 aliphatic heterocycles. The normalized spacial score (nSPS) is 13.4. The van der Waals surface area contributed by atoms with E-state index in [1.165, 1.54) is 108 Å². The minimum absolute atomic E-state index is 1.23. The molecule has 2 nitrogen and oxygen atoms in total. The molecular weight excluding hydrogens is 1070 g/mol. The van der Waals surface area contributed by atoms with E-state index in [2.05, 4.69) is 313 Å². The quantitative estimate of drug-likeness (QED) is 0.0573. The number of anilines is 6. The van der Waals surface area contributed by atoms with Gasteiger partial charge in [-0.25, -0.2) is 0 Å². The summed E-state index contributed by atoms with van der Waals surface area (Å²) in [5, 5.41) is 17.3. The van der Waals surface area contributed by atoms with Crippen LogP contribution in [0.4, 0.5) is 34.1 Å². The van der Waals surface area contributed by atoms with E-state index in [9.17, 15) is 0 Å². The highest BCUT2D eigenvalue weighted by Gasteiger charge is 2.34. The van der Waals surface area contributed by atoms with Crippen molar-refractivity contribution in [2.24, 2.45) is 0 Å². The molecule has 0 aliphatic carbocycles. The zero-order valence-electron chi connectivity index (χ0n) is 52.8. The molecule has 0 heterocycles. The van der Waals surface area contributed by atoms with E-state index in [1.807, 2.05) is 0 Å². The summed E-state index contributed by atoms with van der Waals surface area (Å²) in [6.45, 7) is 60.9. The Kier molecular flexibility index (Phi) is 16.0. The number of rotatable bonds is 15. The zero-order chi connectivity index (χ0) is 57.7. The van der Waals surface area contributed by atoms with Crippen LogP contribution in [0.1, 0.15) is 0 Å². The van der Waals surface area contributed by atoms with Gasteiger partial charge in [0.1, 0.15) is 0 Å². The van der Waals surface area contributed by atoms with Crippen LogP contribution in [0.2, 0.25) is 157 Å². The molecule has 0 bridgehead atoms. The highest BCUT2D eigenvalue weighted by Crippen LogP contribution is 2.52. The Hall–Kier alpha value is -4.38. The molecule has 0 aromatic heterocycles. The highest BCUT2D eigenvalue weighted by molar-refractivity contribution is 6.94. The maximum atomic E-state index is 2.78. The SMILES string of the molecule is C[Si](C)(C)c1cc(N(c2cc([Si](C)(C)C)cc([Si](C)(C)C)c2)c2c3ccccc3c(N(c3cc([Si](C)(C)C)cc([Si](C)(C)C)c3)c3cc([Si](C)(C)C)cc([Si](C)(C)C)c3)c3cc(-c4ccccc4)ccc23)cc([Si](C)(C)C)c1. The van der Waals surface area contributed by atoms with Crippen LogP contribution in [0.5, 0.6) is 0 Å². The van der Waals surface area contributed by atoms with Crippen LogP contribution in [0, 0.1) is 0 Å². The lowest BCUT2D eigenvalue weighted by Crippen LogP contribution is -2.46. The molecule has 0 N–H and O–H groups in total. The van der Waals surface area contributed by atoms with E-state index in [4.69, 9.17) is 0 Å². The maximum Gasteiger partial charge on any atom is 0.0776 e. The number of benzene rings is 8. The van der Waals surface area contributed by atoms with Gasteiger partial charge in [0.25, 0.3) is 0 Å². The Balaban J connectivity index is 1.68. The first-order chi connectivity index (χ1) is 35.7. The van der Waals surface area contributed by atoms with Crippen LogP contribution >= 0.6 is 0 Å². The standard InChI is InChI=1S/C68H96N2Si8/c1-71(2,3)55-37-51(38-56(45-55)72(4,5)6)69(52-39-57(73(7,8)9)46-58(40-52)74(10,11)12)67-63-32-28-29-33-64(63)68(66-36-50(34-35-65(66)67)49-30-26-25-27-31-49)70(53-41-59(75(13,14)15)47-60(42-53)76(16,17)18)54-43-61(77(19,20)21)48-62(44-54)78(22,23)24/h25-48H,1-24H3. The molecule has 0 aliphatic rings.